The Balaban J connectivity index is 1.65. The Morgan fingerprint density at radius 1 is 1.26 bits per heavy atom. The molecule has 1 aromatic carbocycles. The Labute approximate surface area is 150 Å². The van der Waals surface area contributed by atoms with E-state index in [-0.39, 0.29) is 18.7 Å². The van der Waals surface area contributed by atoms with Gasteiger partial charge < -0.3 is 14.9 Å². The second-order valence-corrected chi connectivity index (χ2v) is 5.99. The molecule has 0 saturated carbocycles. The number of nitrogens with one attached hydrogen (secondary N) is 2. The highest BCUT2D eigenvalue weighted by molar-refractivity contribution is 5.76. The molecule has 1 aliphatic rings. The summed E-state index contributed by atoms with van der Waals surface area (Å²) in [6.07, 6.45) is -1.25. The van der Waals surface area contributed by atoms with Crippen LogP contribution in [-0.4, -0.2) is 54.0 Å². The SMILES string of the molecule is O=c1[nH]c(=O)n([C@H]2CC(O)[C@@H](CO)O2)cc1N=Nc1ccc2n[nH]nc2c1. The predicted octanol–water partition coefficient (Wildman–Crippen LogP) is -0.136. The molecular weight excluding hydrogens is 358 g/mol. The highest BCUT2D eigenvalue weighted by Crippen LogP contribution is 2.28. The average molecular weight is 373 g/mol. The number of hydrogen-bond acceptors (Lipinski definition) is 9. The minimum atomic E-state index is -0.918. The minimum absolute atomic E-state index is 0.0938. The van der Waals surface area contributed by atoms with E-state index < -0.39 is 29.7 Å². The van der Waals surface area contributed by atoms with Crippen LogP contribution in [-0.2, 0) is 4.74 Å². The van der Waals surface area contributed by atoms with Crippen LogP contribution in [0.2, 0.25) is 0 Å². The van der Waals surface area contributed by atoms with E-state index in [1.165, 1.54) is 6.20 Å². The number of azo groups is 1. The number of aromatic amines is 2. The highest BCUT2D eigenvalue weighted by atomic mass is 16.5. The Bertz CT molecular complexity index is 1120. The zero-order valence-corrected chi connectivity index (χ0v) is 13.8. The fourth-order valence-corrected chi connectivity index (χ4v) is 2.81. The lowest BCUT2D eigenvalue weighted by molar-refractivity contribution is -0.0458. The Kier molecular flexibility index (Phi) is 4.35. The molecule has 1 fully saturated rings. The number of rotatable bonds is 4. The Morgan fingerprint density at radius 2 is 2.07 bits per heavy atom. The first-order chi connectivity index (χ1) is 13.0. The predicted molar refractivity (Wildman–Crippen MR) is 91.0 cm³/mol. The third-order valence-electron chi connectivity index (χ3n) is 4.22. The number of nitrogens with zero attached hydrogens (tertiary/aromatic N) is 5. The van der Waals surface area contributed by atoms with Gasteiger partial charge in [-0.25, -0.2) is 4.79 Å². The molecule has 140 valence electrons. The number of fused-ring (bicyclic) bond motifs is 1. The monoisotopic (exact) mass is 373 g/mol. The third-order valence-corrected chi connectivity index (χ3v) is 4.22. The van der Waals surface area contributed by atoms with Crippen LogP contribution in [0.1, 0.15) is 12.6 Å². The van der Waals surface area contributed by atoms with Crippen molar-refractivity contribution in [2.24, 2.45) is 10.2 Å². The molecule has 1 aliphatic heterocycles. The summed E-state index contributed by atoms with van der Waals surface area (Å²) >= 11 is 0. The van der Waals surface area contributed by atoms with Gasteiger partial charge >= 0.3 is 5.69 Å². The number of H-pyrrole nitrogens is 2. The summed E-state index contributed by atoms with van der Waals surface area (Å²) in [5.74, 6) is 0. The second-order valence-electron chi connectivity index (χ2n) is 5.99. The van der Waals surface area contributed by atoms with E-state index in [9.17, 15) is 14.7 Å². The maximum absolute atomic E-state index is 12.1. The molecule has 4 rings (SSSR count). The van der Waals surface area contributed by atoms with Crippen LogP contribution >= 0.6 is 0 Å². The summed E-state index contributed by atoms with van der Waals surface area (Å²) in [4.78, 5) is 26.2. The standard InChI is InChI=1S/C15H15N7O5/c23-6-12-11(24)4-13(27-12)22-5-10(14(25)16-15(22)26)18-17-7-1-2-8-9(3-7)20-21-19-8/h1-3,5,11-13,23-24H,4,6H2,(H,16,25,26)(H,19,20,21)/t11?,12-,13-/m1/s1. The van der Waals surface area contributed by atoms with E-state index >= 15 is 0 Å². The van der Waals surface area contributed by atoms with E-state index in [0.717, 1.165) is 4.57 Å². The number of ether oxygens (including phenoxy) is 1. The molecular formula is C15H15N7O5. The van der Waals surface area contributed by atoms with Gasteiger partial charge in [-0.2, -0.15) is 20.5 Å². The van der Waals surface area contributed by atoms with Crippen LogP contribution in [0.3, 0.4) is 0 Å². The van der Waals surface area contributed by atoms with Crippen molar-refractivity contribution in [3.63, 3.8) is 0 Å². The molecule has 0 amide bonds. The van der Waals surface area contributed by atoms with Gasteiger partial charge in [-0.1, -0.05) is 0 Å². The van der Waals surface area contributed by atoms with Crippen molar-refractivity contribution in [3.8, 4) is 0 Å². The normalized spacial score (nSPS) is 22.8. The van der Waals surface area contributed by atoms with Gasteiger partial charge in [0.15, 0.2) is 5.69 Å². The van der Waals surface area contributed by atoms with Crippen molar-refractivity contribution in [1.29, 1.82) is 0 Å². The van der Waals surface area contributed by atoms with Crippen molar-refractivity contribution in [1.82, 2.24) is 25.0 Å². The first-order valence-electron chi connectivity index (χ1n) is 8.07. The Morgan fingerprint density at radius 3 is 2.85 bits per heavy atom. The van der Waals surface area contributed by atoms with Gasteiger partial charge in [0.25, 0.3) is 5.56 Å². The lowest BCUT2D eigenvalue weighted by Gasteiger charge is -2.14. The fraction of sp³-hybridized carbons (Fsp3) is 0.333. The van der Waals surface area contributed by atoms with Gasteiger partial charge in [0.1, 0.15) is 23.4 Å². The van der Waals surface area contributed by atoms with Gasteiger partial charge in [0.05, 0.1) is 18.4 Å². The summed E-state index contributed by atoms with van der Waals surface area (Å²) in [7, 11) is 0. The summed E-state index contributed by atoms with van der Waals surface area (Å²) in [5.41, 5.74) is 0.171. The van der Waals surface area contributed by atoms with Gasteiger partial charge in [-0.3, -0.25) is 14.3 Å². The first-order valence-corrected chi connectivity index (χ1v) is 8.07. The van der Waals surface area contributed by atoms with Crippen LogP contribution in [0.5, 0.6) is 0 Å². The molecule has 4 N–H and O–H groups in total. The molecule has 27 heavy (non-hydrogen) atoms. The van der Waals surface area contributed by atoms with E-state index in [2.05, 4.69) is 30.6 Å². The smallest absolute Gasteiger partial charge is 0.330 e. The molecule has 12 heteroatoms. The zero-order valence-electron chi connectivity index (χ0n) is 13.8. The van der Waals surface area contributed by atoms with Crippen LogP contribution in [0.25, 0.3) is 11.0 Å². The summed E-state index contributed by atoms with van der Waals surface area (Å²) < 4.78 is 6.54. The molecule has 3 heterocycles. The van der Waals surface area contributed by atoms with E-state index in [0.29, 0.717) is 16.7 Å². The summed E-state index contributed by atoms with van der Waals surface area (Å²) in [6, 6.07) is 4.98. The van der Waals surface area contributed by atoms with E-state index in [1.54, 1.807) is 18.2 Å². The van der Waals surface area contributed by atoms with Crippen molar-refractivity contribution in [3.05, 3.63) is 45.2 Å². The van der Waals surface area contributed by atoms with Crippen molar-refractivity contribution < 1.29 is 14.9 Å². The van der Waals surface area contributed by atoms with Gasteiger partial charge in [-0.15, -0.1) is 5.11 Å². The van der Waals surface area contributed by atoms with Crippen molar-refractivity contribution >= 4 is 22.4 Å². The van der Waals surface area contributed by atoms with Crippen LogP contribution in [0.15, 0.2) is 44.2 Å². The maximum Gasteiger partial charge on any atom is 0.330 e. The molecule has 3 atom stereocenters. The fourth-order valence-electron chi connectivity index (χ4n) is 2.81. The molecule has 2 aromatic heterocycles. The van der Waals surface area contributed by atoms with Crippen molar-refractivity contribution in [2.45, 2.75) is 24.9 Å². The summed E-state index contributed by atoms with van der Waals surface area (Å²) in [5, 5.41) is 37.2. The van der Waals surface area contributed by atoms with E-state index in [1.807, 2.05) is 0 Å². The lowest BCUT2D eigenvalue weighted by Crippen LogP contribution is -2.32. The third kappa shape index (κ3) is 3.28. The largest absolute Gasteiger partial charge is 0.394 e. The van der Waals surface area contributed by atoms with Gasteiger partial charge in [0, 0.05) is 12.6 Å². The number of hydrogen-bond donors (Lipinski definition) is 4. The van der Waals surface area contributed by atoms with E-state index in [4.69, 9.17) is 9.84 Å². The van der Waals surface area contributed by atoms with Gasteiger partial charge in [-0.05, 0) is 18.2 Å². The molecule has 0 spiro atoms. The van der Waals surface area contributed by atoms with Crippen LogP contribution in [0, 0.1) is 0 Å². The number of benzene rings is 1. The van der Waals surface area contributed by atoms with Crippen molar-refractivity contribution in [2.75, 3.05) is 6.61 Å². The first kappa shape index (κ1) is 17.2. The molecule has 0 radical (unpaired) electrons. The number of aliphatic hydroxyl groups excluding tert-OH is 2. The molecule has 1 saturated heterocycles. The number of aliphatic hydroxyl groups is 2. The molecule has 0 aliphatic carbocycles. The van der Waals surface area contributed by atoms with Crippen LogP contribution < -0.4 is 11.2 Å². The average Bonchev–Trinajstić information content (AvgIpc) is 3.26. The topological polar surface area (TPSA) is 171 Å². The minimum Gasteiger partial charge on any atom is -0.394 e. The summed E-state index contributed by atoms with van der Waals surface area (Å²) in [6.45, 7) is -0.382. The molecule has 12 nitrogen and oxygen atoms in total. The molecule has 3 aromatic rings. The second kappa shape index (κ2) is 6.83. The molecule has 0 bridgehead atoms. The number of aromatic nitrogens is 5. The zero-order chi connectivity index (χ0) is 19.0. The van der Waals surface area contributed by atoms with Gasteiger partial charge in [0.2, 0.25) is 0 Å². The van der Waals surface area contributed by atoms with Crippen LogP contribution in [0.4, 0.5) is 11.4 Å². The highest BCUT2D eigenvalue weighted by Gasteiger charge is 2.35. The lowest BCUT2D eigenvalue weighted by atomic mass is 10.2. The molecule has 1 unspecified atom stereocenters. The Hall–Kier alpha value is -3.22. The maximum atomic E-state index is 12.1. The quantitative estimate of drug-likeness (QED) is 0.461.